The number of hydrogen-bond donors (Lipinski definition) is 1. The SMILES string of the molecule is C[C@H](C(=O)NC1CCCCC1)N(Cc1ccc(Cl)c(Cl)c1)C(=O)Cc1c(Cl)cccc1Cl. The van der Waals surface area contributed by atoms with Gasteiger partial charge in [-0.15, -0.1) is 0 Å². The molecule has 2 amide bonds. The molecule has 32 heavy (non-hydrogen) atoms. The van der Waals surface area contributed by atoms with E-state index >= 15 is 0 Å². The van der Waals surface area contributed by atoms with Crippen LogP contribution in [0.15, 0.2) is 36.4 Å². The summed E-state index contributed by atoms with van der Waals surface area (Å²) < 4.78 is 0. The van der Waals surface area contributed by atoms with Gasteiger partial charge in [0.1, 0.15) is 6.04 Å². The fourth-order valence-electron chi connectivity index (χ4n) is 3.94. The summed E-state index contributed by atoms with van der Waals surface area (Å²) in [5, 5.41) is 4.77. The lowest BCUT2D eigenvalue weighted by atomic mass is 9.95. The molecule has 0 saturated heterocycles. The Morgan fingerprint density at radius 3 is 2.25 bits per heavy atom. The van der Waals surface area contributed by atoms with Crippen LogP contribution in [-0.2, 0) is 22.6 Å². The van der Waals surface area contributed by atoms with Crippen LogP contribution in [0.5, 0.6) is 0 Å². The second kappa shape index (κ2) is 11.6. The number of amides is 2. The molecule has 1 saturated carbocycles. The van der Waals surface area contributed by atoms with E-state index in [4.69, 9.17) is 46.4 Å². The quantitative estimate of drug-likeness (QED) is 0.445. The van der Waals surface area contributed by atoms with Crippen molar-refractivity contribution in [1.82, 2.24) is 10.2 Å². The molecule has 0 spiro atoms. The van der Waals surface area contributed by atoms with Crippen LogP contribution in [0.25, 0.3) is 0 Å². The monoisotopic (exact) mass is 514 g/mol. The highest BCUT2D eigenvalue weighted by atomic mass is 35.5. The topological polar surface area (TPSA) is 49.4 Å². The summed E-state index contributed by atoms with van der Waals surface area (Å²) in [7, 11) is 0. The van der Waals surface area contributed by atoms with Crippen molar-refractivity contribution in [3.05, 3.63) is 67.6 Å². The smallest absolute Gasteiger partial charge is 0.242 e. The van der Waals surface area contributed by atoms with E-state index in [1.807, 2.05) is 0 Å². The van der Waals surface area contributed by atoms with Gasteiger partial charge in [-0.2, -0.15) is 0 Å². The predicted molar refractivity (Wildman–Crippen MR) is 132 cm³/mol. The maximum atomic E-state index is 13.4. The first-order valence-electron chi connectivity index (χ1n) is 10.7. The Balaban J connectivity index is 1.82. The summed E-state index contributed by atoms with van der Waals surface area (Å²) >= 11 is 24.8. The molecule has 0 heterocycles. The first kappa shape index (κ1) is 25.2. The van der Waals surface area contributed by atoms with Gasteiger partial charge in [-0.1, -0.05) is 77.8 Å². The van der Waals surface area contributed by atoms with E-state index in [0.29, 0.717) is 25.7 Å². The number of carbonyl (C=O) groups is 2. The van der Waals surface area contributed by atoms with Gasteiger partial charge < -0.3 is 10.2 Å². The Morgan fingerprint density at radius 2 is 1.62 bits per heavy atom. The summed E-state index contributed by atoms with van der Waals surface area (Å²) in [5.41, 5.74) is 1.31. The average Bonchev–Trinajstić information content (AvgIpc) is 2.77. The predicted octanol–water partition coefficient (Wildman–Crippen LogP) is 6.71. The highest BCUT2D eigenvalue weighted by Crippen LogP contribution is 2.27. The van der Waals surface area contributed by atoms with Crippen LogP contribution in [-0.4, -0.2) is 28.8 Å². The van der Waals surface area contributed by atoms with Crippen molar-refractivity contribution in [2.75, 3.05) is 0 Å². The lowest BCUT2D eigenvalue weighted by Crippen LogP contribution is -2.50. The van der Waals surface area contributed by atoms with Gasteiger partial charge in [-0.25, -0.2) is 0 Å². The number of benzene rings is 2. The van der Waals surface area contributed by atoms with Crippen molar-refractivity contribution >= 4 is 58.2 Å². The third-order valence-corrected chi connectivity index (χ3v) is 7.29. The van der Waals surface area contributed by atoms with Crippen LogP contribution in [0.2, 0.25) is 20.1 Å². The van der Waals surface area contributed by atoms with Crippen molar-refractivity contribution in [1.29, 1.82) is 0 Å². The largest absolute Gasteiger partial charge is 0.352 e. The van der Waals surface area contributed by atoms with Gasteiger partial charge in [0.2, 0.25) is 11.8 Å². The number of carbonyl (C=O) groups excluding carboxylic acids is 2. The normalized spacial score (nSPS) is 15.3. The number of nitrogens with zero attached hydrogens (tertiary/aromatic N) is 1. The van der Waals surface area contributed by atoms with Crippen molar-refractivity contribution in [3.63, 3.8) is 0 Å². The van der Waals surface area contributed by atoms with Crippen LogP contribution >= 0.6 is 46.4 Å². The summed E-state index contributed by atoms with van der Waals surface area (Å²) in [6.07, 6.45) is 5.33. The Labute approximate surface area is 209 Å². The molecular weight excluding hydrogens is 490 g/mol. The molecule has 1 N–H and O–H groups in total. The average molecular weight is 516 g/mol. The van der Waals surface area contributed by atoms with Crippen LogP contribution in [0, 0.1) is 0 Å². The molecule has 2 aromatic rings. The van der Waals surface area contributed by atoms with Gasteiger partial charge in [-0.3, -0.25) is 9.59 Å². The zero-order chi connectivity index (χ0) is 23.3. The van der Waals surface area contributed by atoms with E-state index in [1.165, 1.54) is 11.3 Å². The minimum Gasteiger partial charge on any atom is -0.352 e. The molecule has 0 bridgehead atoms. The molecule has 2 aromatic carbocycles. The lowest BCUT2D eigenvalue weighted by molar-refractivity contribution is -0.140. The van der Waals surface area contributed by atoms with Crippen LogP contribution in [0.1, 0.15) is 50.2 Å². The summed E-state index contributed by atoms with van der Waals surface area (Å²) in [6.45, 7) is 1.94. The first-order chi connectivity index (χ1) is 15.3. The minimum absolute atomic E-state index is 0.0130. The van der Waals surface area contributed by atoms with E-state index in [1.54, 1.807) is 43.3 Å². The molecule has 4 nitrogen and oxygen atoms in total. The van der Waals surface area contributed by atoms with Gasteiger partial charge >= 0.3 is 0 Å². The van der Waals surface area contributed by atoms with Gasteiger partial charge in [0, 0.05) is 22.6 Å². The lowest BCUT2D eigenvalue weighted by Gasteiger charge is -2.31. The minimum atomic E-state index is -0.680. The highest BCUT2D eigenvalue weighted by molar-refractivity contribution is 6.42. The number of nitrogens with one attached hydrogen (secondary N) is 1. The Bertz CT molecular complexity index is 956. The highest BCUT2D eigenvalue weighted by Gasteiger charge is 2.29. The van der Waals surface area contributed by atoms with E-state index in [-0.39, 0.29) is 30.8 Å². The molecule has 172 valence electrons. The van der Waals surface area contributed by atoms with Crippen LogP contribution in [0.3, 0.4) is 0 Å². The van der Waals surface area contributed by atoms with Crippen molar-refractivity contribution in [3.8, 4) is 0 Å². The molecule has 1 aliphatic rings. The van der Waals surface area contributed by atoms with Crippen LogP contribution in [0.4, 0.5) is 0 Å². The second-order valence-electron chi connectivity index (χ2n) is 8.17. The Hall–Kier alpha value is -1.46. The summed E-state index contributed by atoms with van der Waals surface area (Å²) in [5.74, 6) is -0.423. The van der Waals surface area contributed by atoms with E-state index in [9.17, 15) is 9.59 Å². The third-order valence-electron chi connectivity index (χ3n) is 5.85. The second-order valence-corrected chi connectivity index (χ2v) is 9.80. The van der Waals surface area contributed by atoms with Crippen molar-refractivity contribution < 1.29 is 9.59 Å². The maximum Gasteiger partial charge on any atom is 0.242 e. The molecule has 1 aliphatic carbocycles. The molecule has 0 unspecified atom stereocenters. The van der Waals surface area contributed by atoms with Gasteiger partial charge in [0.15, 0.2) is 0 Å². The molecule has 1 atom stereocenters. The number of rotatable bonds is 7. The van der Waals surface area contributed by atoms with Gasteiger partial charge in [-0.05, 0) is 55.2 Å². The Kier molecular flexibility index (Phi) is 9.13. The third kappa shape index (κ3) is 6.54. The van der Waals surface area contributed by atoms with Crippen molar-refractivity contribution in [2.45, 2.75) is 64.1 Å². The van der Waals surface area contributed by atoms with Crippen molar-refractivity contribution in [2.24, 2.45) is 0 Å². The van der Waals surface area contributed by atoms with Gasteiger partial charge in [0.05, 0.1) is 16.5 Å². The molecule has 0 aliphatic heterocycles. The number of halogens is 4. The zero-order valence-electron chi connectivity index (χ0n) is 17.8. The number of hydrogen-bond acceptors (Lipinski definition) is 2. The van der Waals surface area contributed by atoms with E-state index < -0.39 is 6.04 Å². The molecule has 8 heteroatoms. The van der Waals surface area contributed by atoms with Gasteiger partial charge in [0.25, 0.3) is 0 Å². The summed E-state index contributed by atoms with van der Waals surface area (Å²) in [4.78, 5) is 28.0. The zero-order valence-corrected chi connectivity index (χ0v) is 20.9. The first-order valence-corrected chi connectivity index (χ1v) is 12.2. The molecule has 0 aromatic heterocycles. The molecule has 1 fully saturated rings. The standard InChI is InChI=1S/C24H26Cl4N2O2/c1-15(24(32)29-17-6-3-2-4-7-17)30(14-16-10-11-21(27)22(28)12-16)23(31)13-18-19(25)8-5-9-20(18)26/h5,8-12,15,17H,2-4,6-7,13-14H2,1H3,(H,29,32)/t15-/m1/s1. The molecular formula is C24H26Cl4N2O2. The molecule has 3 rings (SSSR count). The molecule has 0 radical (unpaired) electrons. The fraction of sp³-hybridized carbons (Fsp3) is 0.417. The Morgan fingerprint density at radius 1 is 0.969 bits per heavy atom. The van der Waals surface area contributed by atoms with E-state index in [0.717, 1.165) is 31.2 Å². The fourth-order valence-corrected chi connectivity index (χ4v) is 4.79. The van der Waals surface area contributed by atoms with E-state index in [2.05, 4.69) is 5.32 Å². The maximum absolute atomic E-state index is 13.4. The van der Waals surface area contributed by atoms with Crippen LogP contribution < -0.4 is 5.32 Å². The summed E-state index contributed by atoms with van der Waals surface area (Å²) in [6, 6.07) is 9.77.